The SMILES string of the molecule is N#Cc1cc(-c2nc(-c3ccccc3)nc(-c3ccccc3)n2)c2c(oc3ccccc32)c1-n1c2ccc(-c3ccccc3)cc2c2c3c4ccccc4n(-c4ccccc4)c3ccc21. The highest BCUT2D eigenvalue weighted by atomic mass is 16.3. The molecule has 0 spiro atoms. The Morgan fingerprint density at radius 3 is 1.60 bits per heavy atom. The smallest absolute Gasteiger partial charge is 0.164 e. The number of aromatic nitrogens is 5. The van der Waals surface area contributed by atoms with Crippen LogP contribution in [0.3, 0.4) is 0 Å². The summed E-state index contributed by atoms with van der Waals surface area (Å²) in [6.07, 6.45) is 0. The average Bonchev–Trinajstić information content (AvgIpc) is 4.04. The van der Waals surface area contributed by atoms with E-state index in [-0.39, 0.29) is 0 Å². The van der Waals surface area contributed by atoms with Gasteiger partial charge in [0, 0.05) is 54.7 Å². The lowest BCUT2D eigenvalue weighted by molar-refractivity contribution is 0.666. The van der Waals surface area contributed by atoms with Crippen LogP contribution in [0, 0.1) is 11.3 Å². The molecule has 4 aromatic heterocycles. The molecule has 13 rings (SSSR count). The molecule has 4 heterocycles. The van der Waals surface area contributed by atoms with Crippen LogP contribution in [0.15, 0.2) is 211 Å². The normalized spacial score (nSPS) is 11.7. The zero-order valence-corrected chi connectivity index (χ0v) is 34.7. The summed E-state index contributed by atoms with van der Waals surface area (Å²) < 4.78 is 11.6. The first kappa shape index (κ1) is 36.5. The molecule has 0 atom stereocenters. The Balaban J connectivity index is 1.17. The van der Waals surface area contributed by atoms with Crippen LogP contribution in [0.5, 0.6) is 0 Å². The summed E-state index contributed by atoms with van der Waals surface area (Å²) in [7, 11) is 0. The summed E-state index contributed by atoms with van der Waals surface area (Å²) in [4.78, 5) is 15.3. The van der Waals surface area contributed by atoms with Gasteiger partial charge in [-0.1, -0.05) is 152 Å². The minimum atomic E-state index is 0.423. The van der Waals surface area contributed by atoms with Crippen molar-refractivity contribution >= 4 is 65.6 Å². The second kappa shape index (κ2) is 14.5. The first-order valence-corrected chi connectivity index (χ1v) is 21.6. The lowest BCUT2D eigenvalue weighted by atomic mass is 10.00. The van der Waals surface area contributed by atoms with E-state index in [0.717, 1.165) is 82.3 Å². The molecule has 0 aliphatic rings. The highest BCUT2D eigenvalue weighted by Crippen LogP contribution is 2.47. The van der Waals surface area contributed by atoms with Crippen LogP contribution < -0.4 is 0 Å². The average molecular weight is 831 g/mol. The summed E-state index contributed by atoms with van der Waals surface area (Å²) in [5, 5.41) is 17.6. The summed E-state index contributed by atoms with van der Waals surface area (Å²) in [5.41, 5.74) is 12.2. The first-order chi connectivity index (χ1) is 32.2. The van der Waals surface area contributed by atoms with Crippen molar-refractivity contribution in [3.8, 4) is 62.7 Å². The van der Waals surface area contributed by atoms with Crippen LogP contribution in [0.25, 0.3) is 122 Å². The molecule has 7 heteroatoms. The van der Waals surface area contributed by atoms with Gasteiger partial charge in [-0.2, -0.15) is 5.26 Å². The summed E-state index contributed by atoms with van der Waals surface area (Å²) >= 11 is 0. The minimum absolute atomic E-state index is 0.423. The van der Waals surface area contributed by atoms with E-state index in [2.05, 4.69) is 130 Å². The van der Waals surface area contributed by atoms with Crippen molar-refractivity contribution < 1.29 is 4.42 Å². The summed E-state index contributed by atoms with van der Waals surface area (Å²) in [6, 6.07) is 73.2. The van der Waals surface area contributed by atoms with E-state index < -0.39 is 0 Å². The van der Waals surface area contributed by atoms with E-state index in [1.54, 1.807) is 0 Å². The van der Waals surface area contributed by atoms with Gasteiger partial charge in [-0.3, -0.25) is 0 Å². The molecule has 0 bridgehead atoms. The molecule has 0 unspecified atom stereocenters. The predicted molar refractivity (Wildman–Crippen MR) is 262 cm³/mol. The van der Waals surface area contributed by atoms with Crippen molar-refractivity contribution in [2.75, 3.05) is 0 Å². The molecule has 0 amide bonds. The number of para-hydroxylation sites is 3. The number of nitriles is 1. The zero-order valence-electron chi connectivity index (χ0n) is 34.7. The Hall–Kier alpha value is -9.12. The molecule has 7 nitrogen and oxygen atoms in total. The molecule has 0 N–H and O–H groups in total. The van der Waals surface area contributed by atoms with Crippen molar-refractivity contribution in [1.29, 1.82) is 5.26 Å². The molecule has 13 aromatic rings. The lowest BCUT2D eigenvalue weighted by Gasteiger charge is -2.14. The van der Waals surface area contributed by atoms with Crippen molar-refractivity contribution in [1.82, 2.24) is 24.1 Å². The number of furan rings is 1. The number of benzene rings is 9. The van der Waals surface area contributed by atoms with E-state index in [9.17, 15) is 5.26 Å². The molecular formula is C58H34N6O. The monoisotopic (exact) mass is 830 g/mol. The maximum absolute atomic E-state index is 11.4. The maximum Gasteiger partial charge on any atom is 0.164 e. The number of hydrogen-bond acceptors (Lipinski definition) is 5. The first-order valence-electron chi connectivity index (χ1n) is 21.6. The molecule has 0 aliphatic heterocycles. The highest BCUT2D eigenvalue weighted by Gasteiger charge is 2.28. The molecule has 0 saturated carbocycles. The Morgan fingerprint density at radius 2 is 0.923 bits per heavy atom. The van der Waals surface area contributed by atoms with Crippen molar-refractivity contribution in [2.24, 2.45) is 0 Å². The van der Waals surface area contributed by atoms with Crippen LogP contribution in [0.4, 0.5) is 0 Å². The highest BCUT2D eigenvalue weighted by molar-refractivity contribution is 6.30. The lowest BCUT2D eigenvalue weighted by Crippen LogP contribution is -2.03. The molecule has 302 valence electrons. The van der Waals surface area contributed by atoms with Gasteiger partial charge in [-0.25, -0.2) is 15.0 Å². The van der Waals surface area contributed by atoms with Gasteiger partial charge < -0.3 is 13.6 Å². The summed E-state index contributed by atoms with van der Waals surface area (Å²) in [5.74, 6) is 1.52. The fraction of sp³-hybridized carbons (Fsp3) is 0. The minimum Gasteiger partial charge on any atom is -0.454 e. The van der Waals surface area contributed by atoms with E-state index in [0.29, 0.717) is 45.5 Å². The predicted octanol–water partition coefficient (Wildman–Crippen LogP) is 14.5. The van der Waals surface area contributed by atoms with Crippen molar-refractivity contribution in [2.45, 2.75) is 0 Å². The molecule has 9 aromatic carbocycles. The standard InChI is InChI=1S/C58H34N6O/c59-35-40-34-45(58-61-56(37-19-7-2-8-20-37)60-57(62-58)38-21-9-3-10-22-38)51-43-26-14-16-28-50(43)65-55(51)54(40)64-47-30-29-39(36-17-5-1-6-18-36)33-44(47)53-49(64)32-31-48-52(53)42-25-13-15-27-46(42)63(48)41-23-11-4-12-24-41/h1-34H. The number of fused-ring (bicyclic) bond motifs is 10. The molecule has 0 fully saturated rings. The van der Waals surface area contributed by atoms with Crippen LogP contribution >= 0.6 is 0 Å². The van der Waals surface area contributed by atoms with Gasteiger partial charge in [-0.05, 0) is 65.7 Å². The molecule has 0 aliphatic carbocycles. The number of rotatable bonds is 6. The van der Waals surface area contributed by atoms with E-state index in [1.165, 1.54) is 0 Å². The Kier molecular flexibility index (Phi) is 8.14. The van der Waals surface area contributed by atoms with Crippen molar-refractivity contribution in [3.63, 3.8) is 0 Å². The second-order valence-electron chi connectivity index (χ2n) is 16.2. The topological polar surface area (TPSA) is 85.5 Å². The van der Waals surface area contributed by atoms with Gasteiger partial charge in [0.05, 0.1) is 27.6 Å². The summed E-state index contributed by atoms with van der Waals surface area (Å²) in [6.45, 7) is 0. The number of nitrogens with zero attached hydrogens (tertiary/aromatic N) is 6. The third-order valence-electron chi connectivity index (χ3n) is 12.6. The molecular weight excluding hydrogens is 797 g/mol. The number of hydrogen-bond donors (Lipinski definition) is 0. The third-order valence-corrected chi connectivity index (χ3v) is 12.6. The van der Waals surface area contributed by atoms with Gasteiger partial charge >= 0.3 is 0 Å². The van der Waals surface area contributed by atoms with Crippen LogP contribution in [-0.4, -0.2) is 24.1 Å². The van der Waals surface area contributed by atoms with E-state index in [4.69, 9.17) is 19.4 Å². The van der Waals surface area contributed by atoms with Gasteiger partial charge in [0.25, 0.3) is 0 Å². The van der Waals surface area contributed by atoms with Crippen LogP contribution in [0.1, 0.15) is 5.56 Å². The van der Waals surface area contributed by atoms with Crippen molar-refractivity contribution in [3.05, 3.63) is 212 Å². The second-order valence-corrected chi connectivity index (χ2v) is 16.2. The van der Waals surface area contributed by atoms with Gasteiger partial charge in [0.2, 0.25) is 0 Å². The molecule has 0 radical (unpaired) electrons. The van der Waals surface area contributed by atoms with E-state index in [1.807, 2.05) is 91.0 Å². The fourth-order valence-electron chi connectivity index (χ4n) is 9.78. The van der Waals surface area contributed by atoms with Gasteiger partial charge in [0.1, 0.15) is 17.3 Å². The van der Waals surface area contributed by atoms with Gasteiger partial charge in [0.15, 0.2) is 23.1 Å². The van der Waals surface area contributed by atoms with E-state index >= 15 is 0 Å². The Bertz CT molecular complexity index is 3990. The molecule has 0 saturated heterocycles. The van der Waals surface area contributed by atoms with Crippen LogP contribution in [0.2, 0.25) is 0 Å². The third kappa shape index (κ3) is 5.64. The Morgan fingerprint density at radius 1 is 0.400 bits per heavy atom. The fourth-order valence-corrected chi connectivity index (χ4v) is 9.78. The van der Waals surface area contributed by atoms with Gasteiger partial charge in [-0.15, -0.1) is 0 Å². The zero-order chi connectivity index (χ0) is 43.0. The quantitative estimate of drug-likeness (QED) is 0.167. The maximum atomic E-state index is 11.4. The molecule has 65 heavy (non-hydrogen) atoms. The van der Waals surface area contributed by atoms with Crippen LogP contribution in [-0.2, 0) is 0 Å². The Labute approximate surface area is 372 Å². The largest absolute Gasteiger partial charge is 0.454 e.